The van der Waals surface area contributed by atoms with Crippen LogP contribution in [0.5, 0.6) is 0 Å². The maximum atomic E-state index is 12.6. The molecule has 1 aromatic heterocycles. The largest absolute Gasteiger partial charge is 0.326 e. The van der Waals surface area contributed by atoms with Crippen molar-refractivity contribution in [3.63, 3.8) is 0 Å². The second kappa shape index (κ2) is 8.25. The Morgan fingerprint density at radius 2 is 1.72 bits per heavy atom. The second-order valence-corrected chi connectivity index (χ2v) is 10.7. The van der Waals surface area contributed by atoms with Crippen LogP contribution in [-0.4, -0.2) is 37.6 Å². The van der Waals surface area contributed by atoms with Gasteiger partial charge in [0, 0.05) is 35.3 Å². The number of carbonyl (C=O) groups is 2. The van der Waals surface area contributed by atoms with Crippen LogP contribution in [0.2, 0.25) is 0 Å². The van der Waals surface area contributed by atoms with Crippen molar-refractivity contribution in [2.45, 2.75) is 36.3 Å². The number of thiophene rings is 1. The molecule has 7 nitrogen and oxygen atoms in total. The van der Waals surface area contributed by atoms with Gasteiger partial charge in [-0.3, -0.25) is 9.59 Å². The molecule has 2 fully saturated rings. The van der Waals surface area contributed by atoms with Gasteiger partial charge in [-0.15, -0.1) is 11.3 Å². The third-order valence-corrected chi connectivity index (χ3v) is 8.44. The topological polar surface area (TPSA) is 95.6 Å². The van der Waals surface area contributed by atoms with E-state index in [1.54, 1.807) is 36.4 Å². The third-order valence-electron chi connectivity index (χ3n) is 4.99. The minimum absolute atomic E-state index is 0.0128. The van der Waals surface area contributed by atoms with E-state index >= 15 is 0 Å². The molecule has 1 aliphatic carbocycles. The van der Waals surface area contributed by atoms with Crippen molar-refractivity contribution in [3.8, 4) is 0 Å². The minimum Gasteiger partial charge on any atom is -0.326 e. The van der Waals surface area contributed by atoms with E-state index in [1.807, 2.05) is 0 Å². The fourth-order valence-corrected chi connectivity index (χ4v) is 6.30. The molecule has 2 amide bonds. The lowest BCUT2D eigenvalue weighted by molar-refractivity contribution is -0.117. The number of benzene rings is 1. The SMILES string of the molecule is O=C(Cc1ccc(S(=O)(=O)N2CCCC2)s1)Nc1cccc(NC(=O)C2CC2)c1. The monoisotopic (exact) mass is 433 g/mol. The molecule has 154 valence electrons. The van der Waals surface area contributed by atoms with Crippen molar-refractivity contribution in [1.82, 2.24) is 4.31 Å². The van der Waals surface area contributed by atoms with Gasteiger partial charge in [0.15, 0.2) is 0 Å². The summed E-state index contributed by atoms with van der Waals surface area (Å²) in [5.74, 6) is -0.112. The Morgan fingerprint density at radius 1 is 1.03 bits per heavy atom. The number of hydrogen-bond donors (Lipinski definition) is 2. The van der Waals surface area contributed by atoms with Crippen LogP contribution in [0, 0.1) is 5.92 Å². The van der Waals surface area contributed by atoms with Gasteiger partial charge in [-0.1, -0.05) is 6.07 Å². The van der Waals surface area contributed by atoms with E-state index in [0.29, 0.717) is 29.3 Å². The lowest BCUT2D eigenvalue weighted by atomic mass is 10.2. The molecule has 0 spiro atoms. The Hall–Kier alpha value is -2.23. The summed E-state index contributed by atoms with van der Waals surface area (Å²) in [5.41, 5.74) is 1.24. The molecule has 2 heterocycles. The van der Waals surface area contributed by atoms with Crippen LogP contribution in [0.3, 0.4) is 0 Å². The van der Waals surface area contributed by atoms with Crippen LogP contribution in [0.15, 0.2) is 40.6 Å². The fraction of sp³-hybridized carbons (Fsp3) is 0.400. The molecule has 1 aliphatic heterocycles. The van der Waals surface area contributed by atoms with Crippen molar-refractivity contribution < 1.29 is 18.0 Å². The van der Waals surface area contributed by atoms with E-state index in [-0.39, 0.29) is 28.4 Å². The molecule has 2 N–H and O–H groups in total. The molecule has 1 saturated carbocycles. The highest BCUT2D eigenvalue weighted by Crippen LogP contribution is 2.31. The number of rotatable bonds is 7. The van der Waals surface area contributed by atoms with Crippen molar-refractivity contribution in [2.24, 2.45) is 5.92 Å². The quantitative estimate of drug-likeness (QED) is 0.701. The molecule has 0 bridgehead atoms. The van der Waals surface area contributed by atoms with E-state index in [0.717, 1.165) is 37.0 Å². The standard InChI is InChI=1S/C20H23N3O4S2/c24-18(21-15-4-3-5-16(12-15)22-20(25)14-6-7-14)13-17-8-9-19(28-17)29(26,27)23-10-1-2-11-23/h3-5,8-9,12,14H,1-2,6-7,10-11,13H2,(H,21,24)(H,22,25). The molecular formula is C20H23N3O4S2. The van der Waals surface area contributed by atoms with E-state index < -0.39 is 10.0 Å². The van der Waals surface area contributed by atoms with Crippen LogP contribution in [0.25, 0.3) is 0 Å². The Morgan fingerprint density at radius 3 is 2.41 bits per heavy atom. The number of carbonyl (C=O) groups excluding carboxylic acids is 2. The third kappa shape index (κ3) is 4.85. The zero-order chi connectivity index (χ0) is 20.4. The predicted molar refractivity (Wildman–Crippen MR) is 112 cm³/mol. The molecule has 0 unspecified atom stereocenters. The molecule has 9 heteroatoms. The molecule has 29 heavy (non-hydrogen) atoms. The first-order valence-electron chi connectivity index (χ1n) is 9.71. The molecule has 0 atom stereocenters. The Kier molecular flexibility index (Phi) is 5.71. The van der Waals surface area contributed by atoms with Gasteiger partial charge in [-0.05, 0) is 56.0 Å². The van der Waals surface area contributed by atoms with Gasteiger partial charge in [-0.2, -0.15) is 4.31 Å². The zero-order valence-electron chi connectivity index (χ0n) is 15.9. The van der Waals surface area contributed by atoms with Gasteiger partial charge in [0.05, 0.1) is 6.42 Å². The number of hydrogen-bond acceptors (Lipinski definition) is 5. The molecule has 2 aromatic rings. The fourth-order valence-electron chi connectivity index (χ4n) is 3.28. The van der Waals surface area contributed by atoms with Crippen LogP contribution in [0.4, 0.5) is 11.4 Å². The average molecular weight is 434 g/mol. The number of sulfonamides is 1. The van der Waals surface area contributed by atoms with Crippen LogP contribution in [0.1, 0.15) is 30.6 Å². The van der Waals surface area contributed by atoms with Gasteiger partial charge in [0.2, 0.25) is 11.8 Å². The lowest BCUT2D eigenvalue weighted by Crippen LogP contribution is -2.27. The highest BCUT2D eigenvalue weighted by Gasteiger charge is 2.30. The zero-order valence-corrected chi connectivity index (χ0v) is 17.5. The van der Waals surface area contributed by atoms with Crippen molar-refractivity contribution in [2.75, 3.05) is 23.7 Å². The van der Waals surface area contributed by atoms with Gasteiger partial charge >= 0.3 is 0 Å². The van der Waals surface area contributed by atoms with Gasteiger partial charge in [-0.25, -0.2) is 8.42 Å². The van der Waals surface area contributed by atoms with Gasteiger partial charge in [0.25, 0.3) is 10.0 Å². The Balaban J connectivity index is 1.36. The number of nitrogens with one attached hydrogen (secondary N) is 2. The van der Waals surface area contributed by atoms with Gasteiger partial charge in [0.1, 0.15) is 4.21 Å². The van der Waals surface area contributed by atoms with Crippen LogP contribution < -0.4 is 10.6 Å². The summed E-state index contributed by atoms with van der Waals surface area (Å²) in [6, 6.07) is 10.3. The highest BCUT2D eigenvalue weighted by molar-refractivity contribution is 7.91. The first-order valence-corrected chi connectivity index (χ1v) is 12.0. The smallest absolute Gasteiger partial charge is 0.252 e. The maximum Gasteiger partial charge on any atom is 0.252 e. The highest BCUT2D eigenvalue weighted by atomic mass is 32.2. The van der Waals surface area contributed by atoms with E-state index in [2.05, 4.69) is 10.6 Å². The Labute approximate surface area is 174 Å². The summed E-state index contributed by atoms with van der Waals surface area (Å²) in [4.78, 5) is 25.0. The molecule has 0 radical (unpaired) electrons. The normalized spacial score (nSPS) is 17.2. The first kappa shape index (κ1) is 20.1. The summed E-state index contributed by atoms with van der Waals surface area (Å²) in [7, 11) is -3.45. The number of amides is 2. The maximum absolute atomic E-state index is 12.6. The van der Waals surface area contributed by atoms with Crippen molar-refractivity contribution in [3.05, 3.63) is 41.3 Å². The van der Waals surface area contributed by atoms with Crippen LogP contribution >= 0.6 is 11.3 Å². The van der Waals surface area contributed by atoms with E-state index in [4.69, 9.17) is 0 Å². The molecule has 1 aromatic carbocycles. The van der Waals surface area contributed by atoms with Crippen LogP contribution in [-0.2, 0) is 26.0 Å². The lowest BCUT2D eigenvalue weighted by Gasteiger charge is -2.13. The van der Waals surface area contributed by atoms with E-state index in [1.165, 1.54) is 4.31 Å². The van der Waals surface area contributed by atoms with E-state index in [9.17, 15) is 18.0 Å². The van der Waals surface area contributed by atoms with Crippen molar-refractivity contribution in [1.29, 1.82) is 0 Å². The average Bonchev–Trinajstić information content (AvgIpc) is 3.16. The summed E-state index contributed by atoms with van der Waals surface area (Å²) in [6.45, 7) is 1.12. The summed E-state index contributed by atoms with van der Waals surface area (Å²) in [6.07, 6.45) is 3.73. The molecular weight excluding hydrogens is 410 g/mol. The summed E-state index contributed by atoms with van der Waals surface area (Å²) >= 11 is 1.14. The second-order valence-electron chi connectivity index (χ2n) is 7.40. The minimum atomic E-state index is -3.45. The van der Waals surface area contributed by atoms with Gasteiger partial charge < -0.3 is 10.6 Å². The summed E-state index contributed by atoms with van der Waals surface area (Å²) in [5, 5.41) is 5.66. The Bertz CT molecular complexity index is 1020. The molecule has 1 saturated heterocycles. The number of nitrogens with zero attached hydrogens (tertiary/aromatic N) is 1. The number of anilines is 2. The molecule has 4 rings (SSSR count). The molecule has 2 aliphatic rings. The summed E-state index contributed by atoms with van der Waals surface area (Å²) < 4.78 is 27.0. The first-order chi connectivity index (χ1) is 13.9. The predicted octanol–water partition coefficient (Wildman–Crippen LogP) is 3.06. The van der Waals surface area contributed by atoms with Crippen molar-refractivity contribution >= 4 is 44.5 Å².